The van der Waals surface area contributed by atoms with E-state index in [4.69, 9.17) is 8.22 Å². The molecule has 1 heteroatoms. The smallest absolute Gasteiger partial charge is 0.201 e. The topological polar surface area (TPSA) is 3.88 Å². The first-order valence-electron chi connectivity index (χ1n) is 10.6. The van der Waals surface area contributed by atoms with Crippen molar-refractivity contribution < 1.29 is 12.8 Å². The van der Waals surface area contributed by atoms with Gasteiger partial charge in [0.25, 0.3) is 0 Å². The van der Waals surface area contributed by atoms with Gasteiger partial charge in [-0.25, -0.2) is 4.57 Å². The number of rotatable bonds is 2. The molecule has 0 aliphatic heterocycles. The first kappa shape index (κ1) is 9.67. The van der Waals surface area contributed by atoms with Crippen LogP contribution in [0.15, 0.2) is 54.7 Å². The second kappa shape index (κ2) is 6.00. The van der Waals surface area contributed by atoms with E-state index in [1.54, 1.807) is 35.0 Å². The molecule has 116 valence electrons. The normalized spacial score (nSPS) is 15.8. The van der Waals surface area contributed by atoms with Crippen LogP contribution in [-0.2, 0) is 7.05 Å². The Hall–Kier alpha value is -2.41. The molecule has 2 aromatic carbocycles. The largest absolute Gasteiger partial charge is 0.212 e. The van der Waals surface area contributed by atoms with Crippen molar-refractivity contribution in [2.24, 2.45) is 7.05 Å². The van der Waals surface area contributed by atoms with Gasteiger partial charge in [-0.15, -0.1) is 0 Å². The van der Waals surface area contributed by atoms with Gasteiger partial charge in [0.05, 0.1) is 0 Å². The maximum atomic E-state index is 7.94. The van der Waals surface area contributed by atoms with E-state index in [1.165, 1.54) is 0 Å². The van der Waals surface area contributed by atoms with E-state index in [0.29, 0.717) is 5.56 Å². The summed E-state index contributed by atoms with van der Waals surface area (Å²) in [5.41, 5.74) is 5.86. The van der Waals surface area contributed by atoms with Gasteiger partial charge in [-0.2, -0.15) is 0 Å². The van der Waals surface area contributed by atoms with Gasteiger partial charge in [0.15, 0.2) is 6.20 Å². The summed E-state index contributed by atoms with van der Waals surface area (Å²) in [6.45, 7) is -0.487. The molecule has 0 fully saturated rings. The van der Waals surface area contributed by atoms with Gasteiger partial charge in [-0.1, -0.05) is 30.3 Å². The summed E-state index contributed by atoms with van der Waals surface area (Å²) >= 11 is 0. The van der Waals surface area contributed by atoms with Gasteiger partial charge in [-0.05, 0) is 67.5 Å². The molecule has 0 spiro atoms. The molecule has 0 saturated carbocycles. The maximum absolute atomic E-state index is 7.94. The summed E-state index contributed by atoms with van der Waals surface area (Å²) < 4.78 is 48.4. The van der Waals surface area contributed by atoms with Crippen LogP contribution in [0.5, 0.6) is 0 Å². The minimum Gasteiger partial charge on any atom is -0.201 e. The van der Waals surface area contributed by atoms with Crippen LogP contribution in [0.2, 0.25) is 0 Å². The second-order valence-corrected chi connectivity index (χ2v) is 5.89. The summed E-state index contributed by atoms with van der Waals surface area (Å²) in [7, 11) is 1.82. The molecule has 0 aliphatic rings. The monoisotopic (exact) mass is 308 g/mol. The van der Waals surface area contributed by atoms with Gasteiger partial charge in [-0.3, -0.25) is 0 Å². The molecule has 1 nitrogen and oxygen atoms in total. The molecule has 0 unspecified atom stereocenters. The number of hydrogen-bond acceptors (Lipinski definition) is 0. The van der Waals surface area contributed by atoms with Crippen molar-refractivity contribution in [3.05, 3.63) is 77.0 Å². The van der Waals surface area contributed by atoms with Gasteiger partial charge in [0.2, 0.25) is 5.69 Å². The van der Waals surface area contributed by atoms with E-state index in [9.17, 15) is 0 Å². The van der Waals surface area contributed by atoms with Crippen molar-refractivity contribution in [1.29, 1.82) is 0 Å². The molecule has 0 bridgehead atoms. The van der Waals surface area contributed by atoms with E-state index in [1.807, 2.05) is 45.2 Å². The molecule has 0 aliphatic carbocycles. The Labute approximate surface area is 147 Å². The Kier molecular flexibility index (Phi) is 2.52. The first-order chi connectivity index (χ1) is 13.4. The van der Waals surface area contributed by atoms with Crippen molar-refractivity contribution in [2.75, 3.05) is 0 Å². The van der Waals surface area contributed by atoms with E-state index in [0.717, 1.165) is 33.5 Å². The van der Waals surface area contributed by atoms with Crippen LogP contribution in [-0.4, -0.2) is 0 Å². The van der Waals surface area contributed by atoms with E-state index in [2.05, 4.69) is 0 Å². The number of pyridine rings is 1. The zero-order valence-electron chi connectivity index (χ0n) is 19.6. The molecule has 0 N–H and O–H groups in total. The van der Waals surface area contributed by atoms with Crippen LogP contribution >= 0.6 is 0 Å². The molecule has 1 heterocycles. The Balaban J connectivity index is 2.22. The lowest BCUT2D eigenvalue weighted by atomic mass is 9.89. The summed E-state index contributed by atoms with van der Waals surface area (Å²) in [6.07, 6.45) is 1.62. The average Bonchev–Trinajstić information content (AvgIpc) is 2.61. The predicted octanol–water partition coefficient (Wildman–Crippen LogP) is 5.08. The van der Waals surface area contributed by atoms with Crippen LogP contribution in [0.1, 0.15) is 30.5 Å². The first-order valence-corrected chi connectivity index (χ1v) is 7.62. The fourth-order valence-electron chi connectivity index (χ4n) is 3.10. The van der Waals surface area contributed by atoms with Crippen molar-refractivity contribution in [3.63, 3.8) is 0 Å². The Morgan fingerprint density at radius 2 is 1.57 bits per heavy atom. The second-order valence-electron chi connectivity index (χ2n) is 5.89. The molecular formula is C22H24N+. The summed E-state index contributed by atoms with van der Waals surface area (Å²) in [6, 6.07) is 14.6. The minimum atomic E-state index is -2.21. The molecular weight excluding hydrogens is 278 g/mol. The Morgan fingerprint density at radius 3 is 2.30 bits per heavy atom. The van der Waals surface area contributed by atoms with Crippen LogP contribution in [0.4, 0.5) is 0 Å². The molecule has 0 radical (unpaired) electrons. The SMILES string of the molecule is [2H]C([2H])([2H])c1ccc(-c2cccc(-c3c(C)cccc3C([2H])([2H])[2H])c2C)[n+](C)c1. The highest BCUT2D eigenvalue weighted by Gasteiger charge is 2.16. The molecule has 0 amide bonds. The minimum absolute atomic E-state index is 0.279. The van der Waals surface area contributed by atoms with Gasteiger partial charge in [0.1, 0.15) is 7.05 Å². The Bertz CT molecular complexity index is 1060. The predicted molar refractivity (Wildman–Crippen MR) is 97.4 cm³/mol. The lowest BCUT2D eigenvalue weighted by Crippen LogP contribution is -2.31. The van der Waals surface area contributed by atoms with Gasteiger partial charge < -0.3 is 0 Å². The highest BCUT2D eigenvalue weighted by atomic mass is 14.9. The van der Waals surface area contributed by atoms with Crippen molar-refractivity contribution in [2.45, 2.75) is 27.6 Å². The van der Waals surface area contributed by atoms with E-state index < -0.39 is 13.7 Å². The highest BCUT2D eigenvalue weighted by Crippen LogP contribution is 2.34. The zero-order chi connectivity index (χ0) is 21.6. The summed E-state index contributed by atoms with van der Waals surface area (Å²) in [5, 5.41) is 0. The standard InChI is InChI=1S/C22H24N/c1-15-12-13-21(23(5)14-15)19-10-7-11-20(18(19)4)22-16(2)8-6-9-17(22)3/h6-14H,1-5H3/q+1/i1D3,2D3. The molecule has 23 heavy (non-hydrogen) atoms. The molecule has 3 aromatic rings. The third kappa shape index (κ3) is 2.79. The van der Waals surface area contributed by atoms with Crippen LogP contribution in [0.25, 0.3) is 22.4 Å². The molecule has 3 rings (SSSR count). The number of hydrogen-bond donors (Lipinski definition) is 0. The lowest BCUT2D eigenvalue weighted by molar-refractivity contribution is -0.660. The van der Waals surface area contributed by atoms with Crippen molar-refractivity contribution in [3.8, 4) is 22.4 Å². The third-order valence-corrected chi connectivity index (χ3v) is 4.29. The fraction of sp³-hybridized carbons (Fsp3) is 0.227. The molecule has 1 aromatic heterocycles. The van der Waals surface area contributed by atoms with Crippen molar-refractivity contribution in [1.82, 2.24) is 0 Å². The van der Waals surface area contributed by atoms with Crippen LogP contribution in [0, 0.1) is 27.6 Å². The maximum Gasteiger partial charge on any atom is 0.212 e. The zero-order valence-corrected chi connectivity index (χ0v) is 13.6. The van der Waals surface area contributed by atoms with Crippen molar-refractivity contribution >= 4 is 0 Å². The van der Waals surface area contributed by atoms with Crippen LogP contribution in [0.3, 0.4) is 0 Å². The fourth-order valence-corrected chi connectivity index (χ4v) is 3.10. The lowest BCUT2D eigenvalue weighted by Gasteiger charge is -2.15. The molecule has 0 atom stereocenters. The Morgan fingerprint density at radius 1 is 0.826 bits per heavy atom. The third-order valence-electron chi connectivity index (χ3n) is 4.29. The molecule has 0 saturated heterocycles. The number of benzene rings is 2. The van der Waals surface area contributed by atoms with E-state index in [-0.39, 0.29) is 5.56 Å². The summed E-state index contributed by atoms with van der Waals surface area (Å²) in [5.74, 6) is 0. The highest BCUT2D eigenvalue weighted by molar-refractivity contribution is 5.79. The van der Waals surface area contributed by atoms with E-state index >= 15 is 0 Å². The number of aryl methyl sites for hydroxylation is 4. The average molecular weight is 308 g/mol. The summed E-state index contributed by atoms with van der Waals surface area (Å²) in [4.78, 5) is 0. The quantitative estimate of drug-likeness (QED) is 0.581. The van der Waals surface area contributed by atoms with Gasteiger partial charge in [0, 0.05) is 25.4 Å². The number of nitrogens with zero attached hydrogens (tertiary/aromatic N) is 1. The van der Waals surface area contributed by atoms with Gasteiger partial charge >= 0.3 is 0 Å². The number of aromatic nitrogens is 1. The van der Waals surface area contributed by atoms with Crippen LogP contribution < -0.4 is 4.57 Å².